The second-order valence-electron chi connectivity index (χ2n) is 6.05. The second kappa shape index (κ2) is 6.71. The minimum Gasteiger partial charge on any atom is -0.481 e. The number of carboxylic acid groups (broad SMARTS) is 1. The van der Waals surface area contributed by atoms with Crippen molar-refractivity contribution in [3.63, 3.8) is 0 Å². The molecule has 1 saturated carbocycles. The summed E-state index contributed by atoms with van der Waals surface area (Å²) in [6.07, 6.45) is 9.50. The largest absolute Gasteiger partial charge is 0.481 e. The van der Waals surface area contributed by atoms with Gasteiger partial charge in [0.15, 0.2) is 0 Å². The Balaban J connectivity index is 2.22. The average molecular weight is 269 g/mol. The minimum absolute atomic E-state index is 0.0791. The maximum Gasteiger partial charge on any atom is 0.305 e. The van der Waals surface area contributed by atoms with Crippen LogP contribution in [0.3, 0.4) is 0 Å². The SMILES string of the molecule is COC1CCCCC1(CC(=O)O)N1CCCCCC1. The van der Waals surface area contributed by atoms with E-state index in [0.717, 1.165) is 38.8 Å². The van der Waals surface area contributed by atoms with E-state index in [1.807, 2.05) is 0 Å². The normalized spacial score (nSPS) is 33.8. The fourth-order valence-corrected chi connectivity index (χ4v) is 3.98. The third kappa shape index (κ3) is 3.29. The van der Waals surface area contributed by atoms with Crippen LogP contribution in [0.2, 0.25) is 0 Å². The van der Waals surface area contributed by atoms with Crippen molar-refractivity contribution in [3.05, 3.63) is 0 Å². The zero-order chi connectivity index (χ0) is 13.7. The molecule has 1 saturated heterocycles. The zero-order valence-corrected chi connectivity index (χ0v) is 12.1. The highest BCUT2D eigenvalue weighted by atomic mass is 16.5. The van der Waals surface area contributed by atoms with Gasteiger partial charge in [-0.3, -0.25) is 9.69 Å². The van der Waals surface area contributed by atoms with Crippen LogP contribution >= 0.6 is 0 Å². The Hall–Kier alpha value is -0.610. The summed E-state index contributed by atoms with van der Waals surface area (Å²) in [4.78, 5) is 13.8. The highest BCUT2D eigenvalue weighted by Crippen LogP contribution is 2.39. The molecule has 2 atom stereocenters. The van der Waals surface area contributed by atoms with E-state index >= 15 is 0 Å². The van der Waals surface area contributed by atoms with Gasteiger partial charge in [-0.2, -0.15) is 0 Å². The Labute approximate surface area is 116 Å². The fraction of sp³-hybridized carbons (Fsp3) is 0.933. The van der Waals surface area contributed by atoms with Crippen LogP contribution in [-0.4, -0.2) is 47.8 Å². The molecule has 110 valence electrons. The number of ether oxygens (including phenoxy) is 1. The van der Waals surface area contributed by atoms with Crippen LogP contribution in [0.1, 0.15) is 57.8 Å². The maximum atomic E-state index is 11.4. The molecular formula is C15H27NO3. The van der Waals surface area contributed by atoms with Crippen molar-refractivity contribution < 1.29 is 14.6 Å². The summed E-state index contributed by atoms with van der Waals surface area (Å²) in [6.45, 7) is 2.07. The topological polar surface area (TPSA) is 49.8 Å². The molecule has 1 N–H and O–H groups in total. The first-order valence-corrected chi connectivity index (χ1v) is 7.69. The summed E-state index contributed by atoms with van der Waals surface area (Å²) in [5.74, 6) is -0.687. The number of rotatable bonds is 4. The van der Waals surface area contributed by atoms with E-state index in [-0.39, 0.29) is 18.1 Å². The summed E-state index contributed by atoms with van der Waals surface area (Å²) >= 11 is 0. The molecule has 0 bridgehead atoms. The predicted octanol–water partition coefficient (Wildman–Crippen LogP) is 2.66. The van der Waals surface area contributed by atoms with Crippen molar-refractivity contribution >= 4 is 5.97 Å². The molecule has 0 radical (unpaired) electrons. The molecule has 0 aromatic carbocycles. The van der Waals surface area contributed by atoms with Crippen LogP contribution in [0, 0.1) is 0 Å². The first kappa shape index (κ1) is 14.8. The molecule has 0 aromatic rings. The third-order valence-corrected chi connectivity index (χ3v) is 4.90. The van der Waals surface area contributed by atoms with Crippen LogP contribution in [0.5, 0.6) is 0 Å². The van der Waals surface area contributed by atoms with Gasteiger partial charge in [0.05, 0.1) is 18.1 Å². The maximum absolute atomic E-state index is 11.4. The van der Waals surface area contributed by atoms with Crippen molar-refractivity contribution in [3.8, 4) is 0 Å². The Morgan fingerprint density at radius 1 is 1.21 bits per heavy atom. The number of aliphatic carboxylic acids is 1. The van der Waals surface area contributed by atoms with Gasteiger partial charge in [-0.25, -0.2) is 0 Å². The summed E-state index contributed by atoms with van der Waals surface area (Å²) in [5, 5.41) is 9.36. The molecule has 1 aliphatic heterocycles. The molecule has 2 aliphatic rings. The van der Waals surface area contributed by atoms with Crippen LogP contribution in [-0.2, 0) is 9.53 Å². The lowest BCUT2D eigenvalue weighted by Gasteiger charge is -2.50. The number of nitrogens with zero attached hydrogens (tertiary/aromatic N) is 1. The van der Waals surface area contributed by atoms with Gasteiger partial charge in [0.25, 0.3) is 0 Å². The van der Waals surface area contributed by atoms with Crippen molar-refractivity contribution in [2.45, 2.75) is 69.4 Å². The number of likely N-dealkylation sites (tertiary alicyclic amines) is 1. The van der Waals surface area contributed by atoms with E-state index in [2.05, 4.69) is 4.90 Å². The quantitative estimate of drug-likeness (QED) is 0.852. The number of methoxy groups -OCH3 is 1. The second-order valence-corrected chi connectivity index (χ2v) is 6.05. The van der Waals surface area contributed by atoms with Gasteiger partial charge in [-0.05, 0) is 38.8 Å². The molecule has 2 unspecified atom stereocenters. The van der Waals surface area contributed by atoms with Gasteiger partial charge in [-0.1, -0.05) is 25.7 Å². The zero-order valence-electron chi connectivity index (χ0n) is 12.1. The summed E-state index contributed by atoms with van der Waals surface area (Å²) < 4.78 is 5.70. The number of hydrogen-bond acceptors (Lipinski definition) is 3. The Kier molecular flexibility index (Phi) is 5.22. The highest BCUT2D eigenvalue weighted by Gasteiger charge is 2.47. The van der Waals surface area contributed by atoms with Gasteiger partial charge < -0.3 is 9.84 Å². The molecule has 4 nitrogen and oxygen atoms in total. The van der Waals surface area contributed by atoms with E-state index < -0.39 is 5.97 Å². The van der Waals surface area contributed by atoms with E-state index in [1.165, 1.54) is 25.7 Å². The van der Waals surface area contributed by atoms with Gasteiger partial charge in [0, 0.05) is 7.11 Å². The molecular weight excluding hydrogens is 242 g/mol. The number of carbonyl (C=O) groups is 1. The van der Waals surface area contributed by atoms with E-state index in [9.17, 15) is 9.90 Å². The third-order valence-electron chi connectivity index (χ3n) is 4.90. The lowest BCUT2D eigenvalue weighted by Crippen LogP contribution is -2.60. The molecule has 1 aliphatic carbocycles. The molecule has 2 rings (SSSR count). The van der Waals surface area contributed by atoms with Crippen LogP contribution in [0.4, 0.5) is 0 Å². The first-order valence-electron chi connectivity index (χ1n) is 7.69. The van der Waals surface area contributed by atoms with Crippen molar-refractivity contribution in [1.29, 1.82) is 0 Å². The Morgan fingerprint density at radius 3 is 2.47 bits per heavy atom. The lowest BCUT2D eigenvalue weighted by atomic mass is 9.75. The summed E-state index contributed by atoms with van der Waals surface area (Å²) in [5.41, 5.74) is -0.261. The average Bonchev–Trinajstić information content (AvgIpc) is 2.67. The molecule has 0 spiro atoms. The molecule has 0 amide bonds. The first-order chi connectivity index (χ1) is 9.19. The van der Waals surface area contributed by atoms with Gasteiger partial charge >= 0.3 is 5.97 Å². The van der Waals surface area contributed by atoms with Crippen molar-refractivity contribution in [2.75, 3.05) is 20.2 Å². The number of hydrogen-bond donors (Lipinski definition) is 1. The lowest BCUT2D eigenvalue weighted by molar-refractivity contribution is -0.148. The van der Waals surface area contributed by atoms with Gasteiger partial charge in [0.2, 0.25) is 0 Å². The minimum atomic E-state index is -0.687. The van der Waals surface area contributed by atoms with Gasteiger partial charge in [0.1, 0.15) is 0 Å². The van der Waals surface area contributed by atoms with Crippen molar-refractivity contribution in [2.24, 2.45) is 0 Å². The molecule has 0 aromatic heterocycles. The van der Waals surface area contributed by atoms with E-state index in [4.69, 9.17) is 4.74 Å². The van der Waals surface area contributed by atoms with Crippen LogP contribution in [0.25, 0.3) is 0 Å². The standard InChI is InChI=1S/C15H27NO3/c1-19-13-8-4-5-9-15(13,12-14(17)18)16-10-6-2-3-7-11-16/h13H,2-12H2,1H3,(H,17,18). The Morgan fingerprint density at radius 2 is 1.89 bits per heavy atom. The van der Waals surface area contributed by atoms with E-state index in [0.29, 0.717) is 0 Å². The smallest absolute Gasteiger partial charge is 0.305 e. The molecule has 4 heteroatoms. The molecule has 1 heterocycles. The highest BCUT2D eigenvalue weighted by molar-refractivity contribution is 5.68. The predicted molar refractivity (Wildman–Crippen MR) is 74.3 cm³/mol. The molecule has 19 heavy (non-hydrogen) atoms. The summed E-state index contributed by atoms with van der Waals surface area (Å²) in [6, 6.07) is 0. The fourth-order valence-electron chi connectivity index (χ4n) is 3.98. The van der Waals surface area contributed by atoms with E-state index in [1.54, 1.807) is 7.11 Å². The van der Waals surface area contributed by atoms with Crippen LogP contribution in [0.15, 0.2) is 0 Å². The molecule has 2 fully saturated rings. The monoisotopic (exact) mass is 269 g/mol. The van der Waals surface area contributed by atoms with Gasteiger partial charge in [-0.15, -0.1) is 0 Å². The number of carboxylic acids is 1. The Bertz CT molecular complexity index is 300. The van der Waals surface area contributed by atoms with Crippen LogP contribution < -0.4 is 0 Å². The summed E-state index contributed by atoms with van der Waals surface area (Å²) in [7, 11) is 1.74. The van der Waals surface area contributed by atoms with Crippen molar-refractivity contribution in [1.82, 2.24) is 4.90 Å².